The van der Waals surface area contributed by atoms with Crippen molar-refractivity contribution < 1.29 is 19.5 Å². The minimum absolute atomic E-state index is 0.0121. The fraction of sp³-hybridized carbons (Fsp3) is 0.389. The van der Waals surface area contributed by atoms with Gasteiger partial charge in [-0.3, -0.25) is 14.4 Å². The smallest absolute Gasteiger partial charge is 0.325 e. The van der Waals surface area contributed by atoms with E-state index in [4.69, 9.17) is 5.11 Å². The second-order valence-electron chi connectivity index (χ2n) is 7.30. The highest BCUT2D eigenvalue weighted by molar-refractivity contribution is 5.97. The van der Waals surface area contributed by atoms with Crippen LogP contribution < -0.4 is 10.6 Å². The number of benzene rings is 1. The van der Waals surface area contributed by atoms with E-state index in [1.54, 1.807) is 24.3 Å². The molecule has 2 aromatic rings. The van der Waals surface area contributed by atoms with E-state index in [9.17, 15) is 14.4 Å². The summed E-state index contributed by atoms with van der Waals surface area (Å²) < 4.78 is 1.18. The summed E-state index contributed by atoms with van der Waals surface area (Å²) in [5.74, 6) is -1.54. The Labute approximate surface area is 156 Å². The van der Waals surface area contributed by atoms with Crippen LogP contribution in [0.3, 0.4) is 0 Å². The third-order valence-corrected chi connectivity index (χ3v) is 3.50. The molecule has 1 aromatic heterocycles. The van der Waals surface area contributed by atoms with Crippen LogP contribution in [0.2, 0.25) is 0 Å². The molecule has 0 fully saturated rings. The maximum atomic E-state index is 12.2. The molecule has 0 atom stereocenters. The van der Waals surface area contributed by atoms with E-state index in [2.05, 4.69) is 20.9 Å². The largest absolute Gasteiger partial charge is 0.480 e. The number of carboxylic acid groups (broad SMARTS) is 1. The van der Waals surface area contributed by atoms with Crippen LogP contribution in [0.25, 0.3) is 0 Å². The van der Waals surface area contributed by atoms with Gasteiger partial charge in [0.05, 0.1) is 12.7 Å². The summed E-state index contributed by atoms with van der Waals surface area (Å²) in [5.41, 5.74) is 1.32. The van der Waals surface area contributed by atoms with Crippen LogP contribution in [-0.2, 0) is 17.9 Å². The molecule has 0 spiro atoms. The number of carbonyl (C=O) groups excluding carboxylic acids is 2. The lowest BCUT2D eigenvalue weighted by Gasteiger charge is -2.18. The van der Waals surface area contributed by atoms with Crippen molar-refractivity contribution in [2.45, 2.75) is 33.9 Å². The number of nitrogens with zero attached hydrogens (tertiary/aromatic N) is 3. The van der Waals surface area contributed by atoms with Crippen molar-refractivity contribution >= 4 is 17.8 Å². The summed E-state index contributed by atoms with van der Waals surface area (Å²) >= 11 is 0. The summed E-state index contributed by atoms with van der Waals surface area (Å²) in [7, 11) is 0. The lowest BCUT2D eigenvalue weighted by Crippen LogP contribution is -2.32. The number of hydrogen-bond donors (Lipinski definition) is 3. The maximum Gasteiger partial charge on any atom is 0.325 e. The number of rotatable bonds is 7. The SMILES string of the molecule is CC(C)(C)CNC(=O)c1ccc(C(=O)NCc2cn(CC(=O)O)nn2)cc1. The van der Waals surface area contributed by atoms with Gasteiger partial charge in [0.1, 0.15) is 12.2 Å². The topological polar surface area (TPSA) is 126 Å². The molecule has 1 heterocycles. The van der Waals surface area contributed by atoms with Gasteiger partial charge in [0.15, 0.2) is 0 Å². The van der Waals surface area contributed by atoms with Crippen molar-refractivity contribution in [3.63, 3.8) is 0 Å². The normalized spacial score (nSPS) is 11.1. The first-order valence-corrected chi connectivity index (χ1v) is 8.41. The number of carboxylic acids is 1. The molecule has 2 rings (SSSR count). The fourth-order valence-corrected chi connectivity index (χ4v) is 2.13. The van der Waals surface area contributed by atoms with Crippen LogP contribution in [0.1, 0.15) is 47.2 Å². The lowest BCUT2D eigenvalue weighted by atomic mass is 9.97. The highest BCUT2D eigenvalue weighted by Gasteiger charge is 2.14. The van der Waals surface area contributed by atoms with Gasteiger partial charge in [-0.05, 0) is 29.7 Å². The molecule has 9 nitrogen and oxygen atoms in total. The standard InChI is InChI=1S/C18H23N5O4/c1-18(2,3)11-20-17(27)13-6-4-12(5-7-13)16(26)19-8-14-9-23(22-21-14)10-15(24)25/h4-7,9H,8,10-11H2,1-3H3,(H,19,26)(H,20,27)(H,24,25). The van der Waals surface area contributed by atoms with Crippen molar-refractivity contribution in [1.29, 1.82) is 0 Å². The maximum absolute atomic E-state index is 12.2. The van der Waals surface area contributed by atoms with Crippen LogP contribution in [-0.4, -0.2) is 44.4 Å². The first kappa shape index (κ1) is 20.1. The predicted molar refractivity (Wildman–Crippen MR) is 97.1 cm³/mol. The summed E-state index contributed by atoms with van der Waals surface area (Å²) in [4.78, 5) is 34.9. The molecule has 9 heteroatoms. The van der Waals surface area contributed by atoms with Crippen LogP contribution in [0, 0.1) is 5.41 Å². The molecule has 0 radical (unpaired) electrons. The number of carbonyl (C=O) groups is 3. The van der Waals surface area contributed by atoms with Crippen molar-refractivity contribution in [3.8, 4) is 0 Å². The molecule has 0 bridgehead atoms. The minimum atomic E-state index is -1.03. The average Bonchev–Trinajstić information content (AvgIpc) is 3.03. The van der Waals surface area contributed by atoms with Gasteiger partial charge >= 0.3 is 5.97 Å². The van der Waals surface area contributed by atoms with Crippen LogP contribution in [0.15, 0.2) is 30.5 Å². The van der Waals surface area contributed by atoms with E-state index < -0.39 is 5.97 Å². The Kier molecular flexibility index (Phi) is 6.27. The van der Waals surface area contributed by atoms with E-state index >= 15 is 0 Å². The Hall–Kier alpha value is -3.23. The first-order valence-electron chi connectivity index (χ1n) is 8.41. The first-order chi connectivity index (χ1) is 12.6. The molecule has 2 amide bonds. The Morgan fingerprint density at radius 2 is 1.59 bits per heavy atom. The molecule has 1 aromatic carbocycles. The summed E-state index contributed by atoms with van der Waals surface area (Å²) in [6.45, 7) is 6.46. The molecule has 3 N–H and O–H groups in total. The Morgan fingerprint density at radius 3 is 2.11 bits per heavy atom. The summed E-state index contributed by atoms with van der Waals surface area (Å²) in [6.07, 6.45) is 1.46. The molecular formula is C18H23N5O4. The van der Waals surface area contributed by atoms with Gasteiger partial charge < -0.3 is 15.7 Å². The molecule has 0 saturated carbocycles. The molecular weight excluding hydrogens is 350 g/mol. The van der Waals surface area contributed by atoms with Gasteiger partial charge in [0.25, 0.3) is 11.8 Å². The van der Waals surface area contributed by atoms with Crippen molar-refractivity contribution in [3.05, 3.63) is 47.3 Å². The van der Waals surface area contributed by atoms with Crippen LogP contribution in [0.5, 0.6) is 0 Å². The number of amides is 2. The zero-order valence-corrected chi connectivity index (χ0v) is 15.5. The third-order valence-electron chi connectivity index (χ3n) is 3.50. The molecule has 0 aliphatic rings. The quantitative estimate of drug-likeness (QED) is 0.666. The predicted octanol–water partition coefficient (Wildman–Crippen LogP) is 1.07. The monoisotopic (exact) mass is 373 g/mol. The second kappa shape index (κ2) is 8.43. The van der Waals surface area contributed by atoms with E-state index in [1.807, 2.05) is 20.8 Å². The molecule has 0 aliphatic heterocycles. The lowest BCUT2D eigenvalue weighted by molar-refractivity contribution is -0.137. The zero-order valence-electron chi connectivity index (χ0n) is 15.5. The van der Waals surface area contributed by atoms with Gasteiger partial charge in [-0.1, -0.05) is 26.0 Å². The number of aromatic nitrogens is 3. The number of nitrogens with one attached hydrogen (secondary N) is 2. The second-order valence-corrected chi connectivity index (χ2v) is 7.30. The van der Waals surface area contributed by atoms with E-state index in [-0.39, 0.29) is 30.3 Å². The van der Waals surface area contributed by atoms with E-state index in [1.165, 1.54) is 10.9 Å². The van der Waals surface area contributed by atoms with Crippen LogP contribution >= 0.6 is 0 Å². The van der Waals surface area contributed by atoms with Gasteiger partial charge in [-0.15, -0.1) is 5.10 Å². The highest BCUT2D eigenvalue weighted by Crippen LogP contribution is 2.11. The number of hydrogen-bond acceptors (Lipinski definition) is 5. The summed E-state index contributed by atoms with van der Waals surface area (Å²) in [5, 5.41) is 21.7. The number of aliphatic carboxylic acids is 1. The Morgan fingerprint density at radius 1 is 1.04 bits per heavy atom. The fourth-order valence-electron chi connectivity index (χ4n) is 2.13. The van der Waals surface area contributed by atoms with E-state index in [0.717, 1.165) is 0 Å². The van der Waals surface area contributed by atoms with Gasteiger partial charge in [0.2, 0.25) is 0 Å². The molecule has 0 unspecified atom stereocenters. The molecule has 144 valence electrons. The van der Waals surface area contributed by atoms with Gasteiger partial charge in [-0.2, -0.15) is 0 Å². The third kappa shape index (κ3) is 6.53. The average molecular weight is 373 g/mol. The molecule has 0 aliphatic carbocycles. The van der Waals surface area contributed by atoms with Crippen molar-refractivity contribution in [2.75, 3.05) is 6.54 Å². The Balaban J connectivity index is 1.88. The Bertz CT molecular complexity index is 821. The van der Waals surface area contributed by atoms with Crippen LogP contribution in [0.4, 0.5) is 0 Å². The van der Waals surface area contributed by atoms with Crippen molar-refractivity contribution in [1.82, 2.24) is 25.6 Å². The summed E-state index contributed by atoms with van der Waals surface area (Å²) in [6, 6.07) is 6.33. The molecule has 0 saturated heterocycles. The van der Waals surface area contributed by atoms with Crippen molar-refractivity contribution in [2.24, 2.45) is 5.41 Å². The zero-order chi connectivity index (χ0) is 20.0. The minimum Gasteiger partial charge on any atom is -0.480 e. The van der Waals surface area contributed by atoms with E-state index in [0.29, 0.717) is 23.4 Å². The highest BCUT2D eigenvalue weighted by atomic mass is 16.4. The van der Waals surface area contributed by atoms with Gasteiger partial charge in [-0.25, -0.2) is 4.68 Å². The molecule has 27 heavy (non-hydrogen) atoms. The van der Waals surface area contributed by atoms with Gasteiger partial charge in [0, 0.05) is 17.7 Å².